The number of hydrogen-bond acceptors (Lipinski definition) is 4. The molecule has 0 heterocycles. The molecule has 0 aliphatic rings. The molecule has 1 rings (SSSR count). The number of ketones is 1. The van der Waals surface area contributed by atoms with Gasteiger partial charge in [0.15, 0.2) is 5.78 Å². The molecule has 0 aromatic heterocycles. The van der Waals surface area contributed by atoms with Crippen molar-refractivity contribution in [2.45, 2.75) is 40.3 Å². The van der Waals surface area contributed by atoms with E-state index in [1.165, 1.54) is 5.56 Å². The molecular formula is C17H27NO3. The number of rotatable bonds is 7. The second-order valence-electron chi connectivity index (χ2n) is 5.85. The first-order valence-electron chi connectivity index (χ1n) is 7.24. The number of ether oxygens (including phenoxy) is 1. The third-order valence-electron chi connectivity index (χ3n) is 3.79. The molecule has 1 aromatic rings. The Bertz CT molecular complexity index is 511. The summed E-state index contributed by atoms with van der Waals surface area (Å²) in [6, 6.07) is 2.07. The van der Waals surface area contributed by atoms with Crippen molar-refractivity contribution in [3.63, 3.8) is 0 Å². The SMILES string of the molecule is COCC(O)CN(C)Cc1c(C)cc(C)c(C(C)=O)c1C. The van der Waals surface area contributed by atoms with Gasteiger partial charge < -0.3 is 9.84 Å². The first-order chi connectivity index (χ1) is 9.77. The molecule has 1 unspecified atom stereocenters. The normalized spacial score (nSPS) is 12.8. The van der Waals surface area contributed by atoms with Gasteiger partial charge in [0.05, 0.1) is 12.7 Å². The first kappa shape index (κ1) is 17.8. The lowest BCUT2D eigenvalue weighted by molar-refractivity contribution is 0.0418. The predicted octanol–water partition coefficient (Wildman–Crippen LogP) is 2.25. The van der Waals surface area contributed by atoms with Gasteiger partial charge in [-0.2, -0.15) is 0 Å². The molecule has 0 bridgehead atoms. The van der Waals surface area contributed by atoms with Gasteiger partial charge in [-0.05, 0) is 57.0 Å². The van der Waals surface area contributed by atoms with Crippen molar-refractivity contribution in [2.24, 2.45) is 0 Å². The summed E-state index contributed by atoms with van der Waals surface area (Å²) < 4.78 is 4.95. The van der Waals surface area contributed by atoms with Crippen LogP contribution in [0.5, 0.6) is 0 Å². The average molecular weight is 293 g/mol. The third-order valence-corrected chi connectivity index (χ3v) is 3.79. The summed E-state index contributed by atoms with van der Waals surface area (Å²) in [5, 5.41) is 9.80. The maximum absolute atomic E-state index is 11.8. The highest BCUT2D eigenvalue weighted by molar-refractivity contribution is 5.97. The topological polar surface area (TPSA) is 49.8 Å². The molecule has 4 nitrogen and oxygen atoms in total. The van der Waals surface area contributed by atoms with Gasteiger partial charge in [0.25, 0.3) is 0 Å². The van der Waals surface area contributed by atoms with Gasteiger partial charge in [0, 0.05) is 25.8 Å². The van der Waals surface area contributed by atoms with E-state index in [0.717, 1.165) is 22.3 Å². The Balaban J connectivity index is 2.98. The number of Topliss-reactive ketones (excluding diaryl/α,β-unsaturated/α-hetero) is 1. The minimum atomic E-state index is -0.502. The zero-order chi connectivity index (χ0) is 16.2. The maximum atomic E-state index is 11.8. The molecule has 0 spiro atoms. The fraction of sp³-hybridized carbons (Fsp3) is 0.588. The van der Waals surface area contributed by atoms with Crippen LogP contribution in [0.4, 0.5) is 0 Å². The Morgan fingerprint density at radius 1 is 1.33 bits per heavy atom. The Kier molecular flexibility index (Phi) is 6.52. The van der Waals surface area contributed by atoms with Crippen LogP contribution in [0.1, 0.15) is 39.5 Å². The minimum absolute atomic E-state index is 0.105. The summed E-state index contributed by atoms with van der Waals surface area (Å²) in [6.45, 7) is 9.24. The number of aryl methyl sites for hydroxylation is 2. The van der Waals surface area contributed by atoms with E-state index in [1.807, 2.05) is 20.9 Å². The lowest BCUT2D eigenvalue weighted by atomic mass is 9.91. The van der Waals surface area contributed by atoms with Crippen LogP contribution in [0.25, 0.3) is 0 Å². The highest BCUT2D eigenvalue weighted by atomic mass is 16.5. The average Bonchev–Trinajstić information content (AvgIpc) is 2.33. The zero-order valence-corrected chi connectivity index (χ0v) is 14.0. The van der Waals surface area contributed by atoms with Gasteiger partial charge in [-0.3, -0.25) is 9.69 Å². The predicted molar refractivity (Wildman–Crippen MR) is 84.9 cm³/mol. The van der Waals surface area contributed by atoms with Gasteiger partial charge >= 0.3 is 0 Å². The summed E-state index contributed by atoms with van der Waals surface area (Å²) in [5.74, 6) is 0.105. The van der Waals surface area contributed by atoms with Gasteiger partial charge in [0.2, 0.25) is 0 Å². The van der Waals surface area contributed by atoms with E-state index >= 15 is 0 Å². The van der Waals surface area contributed by atoms with E-state index in [2.05, 4.69) is 17.9 Å². The number of benzene rings is 1. The molecule has 0 radical (unpaired) electrons. The highest BCUT2D eigenvalue weighted by Gasteiger charge is 2.16. The molecule has 0 saturated carbocycles. The smallest absolute Gasteiger partial charge is 0.160 e. The van der Waals surface area contributed by atoms with Crippen molar-refractivity contribution in [1.29, 1.82) is 0 Å². The van der Waals surface area contributed by atoms with Crippen LogP contribution in [0.15, 0.2) is 6.07 Å². The number of carbonyl (C=O) groups is 1. The van der Waals surface area contributed by atoms with Crippen LogP contribution in [0, 0.1) is 20.8 Å². The molecule has 118 valence electrons. The van der Waals surface area contributed by atoms with Crippen LogP contribution < -0.4 is 0 Å². The summed E-state index contributed by atoms with van der Waals surface area (Å²) >= 11 is 0. The number of aliphatic hydroxyl groups is 1. The lowest BCUT2D eigenvalue weighted by Gasteiger charge is -2.23. The molecule has 21 heavy (non-hydrogen) atoms. The van der Waals surface area contributed by atoms with E-state index < -0.39 is 6.10 Å². The quantitative estimate of drug-likeness (QED) is 0.783. The van der Waals surface area contributed by atoms with E-state index in [9.17, 15) is 9.90 Å². The Morgan fingerprint density at radius 2 is 1.95 bits per heavy atom. The number of aliphatic hydroxyl groups excluding tert-OH is 1. The molecule has 1 aromatic carbocycles. The summed E-state index contributed by atoms with van der Waals surface area (Å²) in [4.78, 5) is 13.9. The summed E-state index contributed by atoms with van der Waals surface area (Å²) in [6.07, 6.45) is -0.502. The van der Waals surface area contributed by atoms with Crippen molar-refractivity contribution in [3.8, 4) is 0 Å². The van der Waals surface area contributed by atoms with Crippen LogP contribution in [-0.2, 0) is 11.3 Å². The van der Waals surface area contributed by atoms with Crippen LogP contribution in [0.2, 0.25) is 0 Å². The van der Waals surface area contributed by atoms with E-state index in [-0.39, 0.29) is 5.78 Å². The fourth-order valence-electron chi connectivity index (χ4n) is 2.95. The molecule has 0 saturated heterocycles. The van der Waals surface area contributed by atoms with E-state index in [1.54, 1.807) is 14.0 Å². The second kappa shape index (κ2) is 7.69. The van der Waals surface area contributed by atoms with Crippen molar-refractivity contribution in [2.75, 3.05) is 27.3 Å². The van der Waals surface area contributed by atoms with Crippen molar-refractivity contribution in [1.82, 2.24) is 4.90 Å². The standard InChI is InChI=1S/C17H27NO3/c1-11-7-12(2)17(14(4)19)13(3)16(11)9-18(5)8-15(20)10-21-6/h7,15,20H,8-10H2,1-6H3. The van der Waals surface area contributed by atoms with Gasteiger partial charge in [-0.25, -0.2) is 0 Å². The van der Waals surface area contributed by atoms with Gasteiger partial charge in [0.1, 0.15) is 0 Å². The Morgan fingerprint density at radius 3 is 2.48 bits per heavy atom. The fourth-order valence-corrected chi connectivity index (χ4v) is 2.95. The highest BCUT2D eigenvalue weighted by Crippen LogP contribution is 2.24. The number of hydrogen-bond donors (Lipinski definition) is 1. The summed E-state index contributed by atoms with van der Waals surface area (Å²) in [5.41, 5.74) is 5.25. The number of likely N-dealkylation sites (N-methyl/N-ethyl adjacent to an activating group) is 1. The van der Waals surface area contributed by atoms with Crippen molar-refractivity contribution >= 4 is 5.78 Å². The first-order valence-corrected chi connectivity index (χ1v) is 7.24. The zero-order valence-electron chi connectivity index (χ0n) is 14.0. The van der Waals surface area contributed by atoms with Crippen molar-refractivity contribution < 1.29 is 14.6 Å². The minimum Gasteiger partial charge on any atom is -0.389 e. The van der Waals surface area contributed by atoms with Crippen LogP contribution in [-0.4, -0.2) is 49.2 Å². The second-order valence-corrected chi connectivity index (χ2v) is 5.85. The largest absolute Gasteiger partial charge is 0.389 e. The molecule has 0 aliphatic carbocycles. The van der Waals surface area contributed by atoms with E-state index in [4.69, 9.17) is 4.74 Å². The maximum Gasteiger partial charge on any atom is 0.160 e. The molecule has 0 amide bonds. The Labute approximate surface area is 127 Å². The third kappa shape index (κ3) is 4.63. The molecular weight excluding hydrogens is 266 g/mol. The monoisotopic (exact) mass is 293 g/mol. The van der Waals surface area contributed by atoms with Gasteiger partial charge in [-0.15, -0.1) is 0 Å². The summed E-state index contributed by atoms with van der Waals surface area (Å²) in [7, 11) is 3.54. The Hall–Kier alpha value is -1.23. The van der Waals surface area contributed by atoms with Crippen molar-refractivity contribution in [3.05, 3.63) is 33.9 Å². The number of carbonyl (C=O) groups excluding carboxylic acids is 1. The van der Waals surface area contributed by atoms with Crippen LogP contribution in [0.3, 0.4) is 0 Å². The lowest BCUT2D eigenvalue weighted by Crippen LogP contribution is -2.32. The van der Waals surface area contributed by atoms with Crippen LogP contribution >= 0.6 is 0 Å². The van der Waals surface area contributed by atoms with E-state index in [0.29, 0.717) is 19.7 Å². The molecule has 0 aliphatic heterocycles. The molecule has 4 heteroatoms. The molecule has 0 fully saturated rings. The number of nitrogens with zero attached hydrogens (tertiary/aromatic N) is 1. The molecule has 1 N–H and O–H groups in total. The molecule has 1 atom stereocenters. The number of methoxy groups -OCH3 is 1. The van der Waals surface area contributed by atoms with Gasteiger partial charge in [-0.1, -0.05) is 6.07 Å².